The Hall–Kier alpha value is -2.89. The molecule has 0 amide bonds. The Labute approximate surface area is 159 Å². The van der Waals surface area contributed by atoms with Crippen molar-refractivity contribution in [3.8, 4) is 11.5 Å². The maximum Gasteiger partial charge on any atom is 0.204 e. The summed E-state index contributed by atoms with van der Waals surface area (Å²) in [5.74, 6) is 1.59. The molecule has 0 aliphatic rings. The molecule has 3 aromatic carbocycles. The number of hydrogen-bond acceptors (Lipinski definition) is 5. The molecule has 1 N–H and O–H groups in total. The molecule has 4 aromatic rings. The predicted molar refractivity (Wildman–Crippen MR) is 109 cm³/mol. The second-order valence-corrected chi connectivity index (χ2v) is 6.95. The van der Waals surface area contributed by atoms with E-state index < -0.39 is 0 Å². The number of nitrogens with one attached hydrogen (secondary N) is 1. The number of hydrazone groups is 1. The first-order valence-electron chi connectivity index (χ1n) is 7.94. The van der Waals surface area contributed by atoms with Crippen molar-refractivity contribution in [2.75, 3.05) is 5.43 Å². The van der Waals surface area contributed by atoms with Crippen LogP contribution in [0.5, 0.6) is 11.5 Å². The molecule has 1 aromatic heterocycles. The zero-order valence-corrected chi connectivity index (χ0v) is 15.2. The topological polar surface area (TPSA) is 46.5 Å². The Balaban J connectivity index is 1.40. The van der Waals surface area contributed by atoms with Gasteiger partial charge in [0, 0.05) is 5.02 Å². The van der Waals surface area contributed by atoms with Gasteiger partial charge in [-0.15, -0.1) is 0 Å². The maximum atomic E-state index is 5.99. The highest BCUT2D eigenvalue weighted by molar-refractivity contribution is 7.22. The van der Waals surface area contributed by atoms with Crippen molar-refractivity contribution in [2.45, 2.75) is 0 Å². The summed E-state index contributed by atoms with van der Waals surface area (Å²) in [5, 5.41) is 5.67. The second-order valence-electron chi connectivity index (χ2n) is 5.49. The van der Waals surface area contributed by atoms with E-state index in [-0.39, 0.29) is 0 Å². The molecule has 0 fully saturated rings. The number of aromatic nitrogens is 1. The molecule has 26 heavy (non-hydrogen) atoms. The van der Waals surface area contributed by atoms with Gasteiger partial charge in [-0.25, -0.2) is 4.98 Å². The first-order chi connectivity index (χ1) is 12.8. The first-order valence-corrected chi connectivity index (χ1v) is 9.14. The summed E-state index contributed by atoms with van der Waals surface area (Å²) in [6, 6.07) is 23.0. The Morgan fingerprint density at radius 3 is 2.54 bits per heavy atom. The van der Waals surface area contributed by atoms with E-state index in [4.69, 9.17) is 16.3 Å². The molecule has 4 nitrogen and oxygen atoms in total. The van der Waals surface area contributed by atoms with Crippen molar-refractivity contribution >= 4 is 44.5 Å². The van der Waals surface area contributed by atoms with Crippen LogP contribution in [0.15, 0.2) is 77.9 Å². The lowest BCUT2D eigenvalue weighted by molar-refractivity contribution is 0.482. The third-order valence-electron chi connectivity index (χ3n) is 3.58. The number of anilines is 1. The summed E-state index contributed by atoms with van der Waals surface area (Å²) in [6.45, 7) is 0. The molecule has 0 atom stereocenters. The highest BCUT2D eigenvalue weighted by Crippen LogP contribution is 2.28. The Kier molecular flexibility index (Phi) is 4.82. The van der Waals surface area contributed by atoms with Crippen LogP contribution < -0.4 is 10.2 Å². The van der Waals surface area contributed by atoms with Crippen molar-refractivity contribution in [1.29, 1.82) is 0 Å². The van der Waals surface area contributed by atoms with Gasteiger partial charge in [0.1, 0.15) is 11.5 Å². The van der Waals surface area contributed by atoms with Crippen LogP contribution in [0.3, 0.4) is 0 Å². The Morgan fingerprint density at radius 2 is 1.73 bits per heavy atom. The van der Waals surface area contributed by atoms with Crippen LogP contribution in [0, 0.1) is 0 Å². The summed E-state index contributed by atoms with van der Waals surface area (Å²) in [5.41, 5.74) is 4.82. The van der Waals surface area contributed by atoms with E-state index in [2.05, 4.69) is 15.5 Å². The monoisotopic (exact) mass is 379 g/mol. The second kappa shape index (κ2) is 7.56. The van der Waals surface area contributed by atoms with Crippen LogP contribution in [0.25, 0.3) is 10.2 Å². The largest absolute Gasteiger partial charge is 0.457 e. The standard InChI is InChI=1S/C20H14ClN3OS/c21-15-8-11-18-19(12-15)26-20(23-18)24-22-13-14-6-9-17(10-7-14)25-16-4-2-1-3-5-16/h1-13H,(H,23,24)/b22-13-. The average Bonchev–Trinajstić information content (AvgIpc) is 3.06. The minimum atomic E-state index is 0.703. The van der Waals surface area contributed by atoms with Gasteiger partial charge < -0.3 is 4.74 Å². The van der Waals surface area contributed by atoms with E-state index in [9.17, 15) is 0 Å². The summed E-state index contributed by atoms with van der Waals surface area (Å²) in [4.78, 5) is 4.46. The highest BCUT2D eigenvalue weighted by atomic mass is 35.5. The summed E-state index contributed by atoms with van der Waals surface area (Å²) >= 11 is 7.50. The Bertz CT molecular complexity index is 1050. The summed E-state index contributed by atoms with van der Waals surface area (Å²) in [6.07, 6.45) is 1.74. The minimum absolute atomic E-state index is 0.703. The van der Waals surface area contributed by atoms with Crippen LogP contribution in [0.1, 0.15) is 5.56 Å². The third kappa shape index (κ3) is 4.02. The minimum Gasteiger partial charge on any atom is -0.457 e. The molecule has 0 saturated carbocycles. The van der Waals surface area contributed by atoms with E-state index in [1.54, 1.807) is 6.21 Å². The lowest BCUT2D eigenvalue weighted by Gasteiger charge is -2.05. The molecule has 0 spiro atoms. The number of para-hydroxylation sites is 1. The SMILES string of the molecule is Clc1ccc2nc(N/N=C\c3ccc(Oc4ccccc4)cc3)sc2c1. The van der Waals surface area contributed by atoms with E-state index in [0.717, 1.165) is 32.4 Å². The molecule has 0 bridgehead atoms. The number of nitrogens with zero attached hydrogens (tertiary/aromatic N) is 2. The molecule has 0 saturated heterocycles. The maximum absolute atomic E-state index is 5.99. The molecule has 0 radical (unpaired) electrons. The molecule has 6 heteroatoms. The lowest BCUT2D eigenvalue weighted by atomic mass is 10.2. The predicted octanol–water partition coefficient (Wildman–Crippen LogP) is 6.19. The number of rotatable bonds is 5. The number of hydrogen-bond donors (Lipinski definition) is 1. The molecule has 0 aliphatic heterocycles. The van der Waals surface area contributed by atoms with Crippen LogP contribution in [-0.4, -0.2) is 11.2 Å². The van der Waals surface area contributed by atoms with Crippen molar-refractivity contribution < 1.29 is 4.74 Å². The number of thiazole rings is 1. The Morgan fingerprint density at radius 1 is 0.962 bits per heavy atom. The van der Waals surface area contributed by atoms with Gasteiger partial charge in [0.2, 0.25) is 5.13 Å². The third-order valence-corrected chi connectivity index (χ3v) is 4.74. The van der Waals surface area contributed by atoms with Crippen molar-refractivity contribution in [2.24, 2.45) is 5.10 Å². The molecule has 0 unspecified atom stereocenters. The molecule has 128 valence electrons. The molecular formula is C20H14ClN3OS. The normalized spacial score (nSPS) is 11.1. The lowest BCUT2D eigenvalue weighted by Crippen LogP contribution is -1.90. The zero-order chi connectivity index (χ0) is 17.8. The van der Waals surface area contributed by atoms with Gasteiger partial charge in [-0.1, -0.05) is 41.1 Å². The van der Waals surface area contributed by atoms with E-state index in [0.29, 0.717) is 5.02 Å². The van der Waals surface area contributed by atoms with Gasteiger partial charge in [0.05, 0.1) is 16.4 Å². The smallest absolute Gasteiger partial charge is 0.204 e. The molecule has 1 heterocycles. The van der Waals surface area contributed by atoms with Crippen LogP contribution >= 0.6 is 22.9 Å². The fourth-order valence-corrected chi connectivity index (χ4v) is 3.45. The van der Waals surface area contributed by atoms with Crippen molar-refractivity contribution in [3.63, 3.8) is 0 Å². The van der Waals surface area contributed by atoms with Crippen molar-refractivity contribution in [1.82, 2.24) is 4.98 Å². The van der Waals surface area contributed by atoms with Crippen LogP contribution in [0.2, 0.25) is 5.02 Å². The summed E-state index contributed by atoms with van der Waals surface area (Å²) in [7, 11) is 0. The number of halogens is 1. The van der Waals surface area contributed by atoms with Gasteiger partial charge in [-0.05, 0) is 60.2 Å². The van der Waals surface area contributed by atoms with E-state index in [1.807, 2.05) is 72.8 Å². The van der Waals surface area contributed by atoms with Crippen LogP contribution in [-0.2, 0) is 0 Å². The van der Waals surface area contributed by atoms with E-state index >= 15 is 0 Å². The fourth-order valence-electron chi connectivity index (χ4n) is 2.35. The molecular weight excluding hydrogens is 366 g/mol. The van der Waals surface area contributed by atoms with Crippen LogP contribution in [0.4, 0.5) is 5.13 Å². The van der Waals surface area contributed by atoms with Gasteiger partial charge in [0.15, 0.2) is 0 Å². The molecule has 0 aliphatic carbocycles. The molecule has 4 rings (SSSR count). The van der Waals surface area contributed by atoms with E-state index in [1.165, 1.54) is 11.3 Å². The van der Waals surface area contributed by atoms with Gasteiger partial charge in [-0.2, -0.15) is 5.10 Å². The fraction of sp³-hybridized carbons (Fsp3) is 0. The quantitative estimate of drug-likeness (QED) is 0.332. The first kappa shape index (κ1) is 16.6. The summed E-state index contributed by atoms with van der Waals surface area (Å²) < 4.78 is 6.80. The van der Waals surface area contributed by atoms with Gasteiger partial charge >= 0.3 is 0 Å². The van der Waals surface area contributed by atoms with Gasteiger partial charge in [0.25, 0.3) is 0 Å². The average molecular weight is 380 g/mol. The highest BCUT2D eigenvalue weighted by Gasteiger charge is 2.03. The van der Waals surface area contributed by atoms with Crippen molar-refractivity contribution in [3.05, 3.63) is 83.4 Å². The number of ether oxygens (including phenoxy) is 1. The van der Waals surface area contributed by atoms with Gasteiger partial charge in [-0.3, -0.25) is 5.43 Å². The number of fused-ring (bicyclic) bond motifs is 1. The number of benzene rings is 3. The zero-order valence-electron chi connectivity index (χ0n) is 13.6.